The van der Waals surface area contributed by atoms with E-state index in [1.54, 1.807) is 0 Å². The molecule has 154 valence electrons. The Balaban J connectivity index is 1.50. The highest BCUT2D eigenvalue weighted by atomic mass is 19.4. The summed E-state index contributed by atoms with van der Waals surface area (Å²) in [5.74, 6) is -9.61. The van der Waals surface area contributed by atoms with E-state index in [2.05, 4.69) is 4.74 Å². The number of halogens is 5. The Labute approximate surface area is 153 Å². The van der Waals surface area contributed by atoms with E-state index in [1.165, 1.54) is 0 Å². The van der Waals surface area contributed by atoms with E-state index in [-0.39, 0.29) is 5.92 Å². The third-order valence-electron chi connectivity index (χ3n) is 7.34. The zero-order chi connectivity index (χ0) is 19.8. The minimum Gasteiger partial charge on any atom is -0.450 e. The van der Waals surface area contributed by atoms with Crippen molar-refractivity contribution in [3.05, 3.63) is 0 Å². The number of rotatable bonds is 2. The van der Waals surface area contributed by atoms with Gasteiger partial charge in [0.15, 0.2) is 0 Å². The smallest absolute Gasteiger partial charge is 0.449 e. The van der Waals surface area contributed by atoms with Crippen LogP contribution >= 0.6 is 0 Å². The first kappa shape index (κ1) is 19.4. The first-order chi connectivity index (χ1) is 12.4. The van der Waals surface area contributed by atoms with Crippen molar-refractivity contribution in [1.82, 2.24) is 0 Å². The molecule has 3 saturated carbocycles. The molecule has 3 aliphatic carbocycles. The van der Waals surface area contributed by atoms with Crippen LogP contribution in [0.25, 0.3) is 0 Å². The Kier molecular flexibility index (Phi) is 4.14. The number of fused-ring (bicyclic) bond motifs is 5. The van der Waals surface area contributed by atoms with Gasteiger partial charge >= 0.3 is 23.9 Å². The number of esters is 1. The molecule has 0 spiro atoms. The molecule has 0 aromatic rings. The number of carbonyl (C=O) groups excluding carboxylic acids is 1. The first-order valence-corrected chi connectivity index (χ1v) is 9.45. The summed E-state index contributed by atoms with van der Waals surface area (Å²) in [6, 6.07) is 0. The van der Waals surface area contributed by atoms with E-state index in [0.717, 1.165) is 32.1 Å². The van der Waals surface area contributed by atoms with Gasteiger partial charge in [-0.1, -0.05) is 12.8 Å². The Hall–Kier alpha value is -0.960. The van der Waals surface area contributed by atoms with Gasteiger partial charge in [0.2, 0.25) is 5.60 Å². The lowest BCUT2D eigenvalue weighted by Crippen LogP contribution is -2.63. The second-order valence-corrected chi connectivity index (χ2v) is 8.77. The maximum Gasteiger partial charge on any atom is 0.449 e. The van der Waals surface area contributed by atoms with Crippen molar-refractivity contribution in [2.24, 2.45) is 29.6 Å². The van der Waals surface area contributed by atoms with E-state index in [1.807, 2.05) is 0 Å². The van der Waals surface area contributed by atoms with Gasteiger partial charge in [-0.3, -0.25) is 4.79 Å². The van der Waals surface area contributed by atoms with Crippen LogP contribution in [0, 0.1) is 29.6 Å². The highest BCUT2D eigenvalue weighted by Crippen LogP contribution is 2.61. The number of ether oxygens (including phenoxy) is 2. The van der Waals surface area contributed by atoms with Crippen LogP contribution in [0.15, 0.2) is 0 Å². The van der Waals surface area contributed by atoms with Crippen LogP contribution in [-0.4, -0.2) is 41.2 Å². The first-order valence-electron chi connectivity index (χ1n) is 9.45. The normalized spacial score (nSPS) is 48.5. The van der Waals surface area contributed by atoms with Crippen LogP contribution in [0.3, 0.4) is 0 Å². The quantitative estimate of drug-likeness (QED) is 0.570. The van der Waals surface area contributed by atoms with Crippen molar-refractivity contribution in [3.8, 4) is 0 Å². The van der Waals surface area contributed by atoms with Crippen molar-refractivity contribution in [2.45, 2.75) is 68.9 Å². The minimum absolute atomic E-state index is 0.0499. The third-order valence-corrected chi connectivity index (χ3v) is 7.34. The van der Waals surface area contributed by atoms with E-state index < -0.39 is 42.0 Å². The molecular weight excluding hydrogens is 375 g/mol. The number of carbonyl (C=O) groups is 1. The van der Waals surface area contributed by atoms with Gasteiger partial charge in [0.25, 0.3) is 0 Å². The van der Waals surface area contributed by atoms with E-state index in [0.29, 0.717) is 31.1 Å². The maximum atomic E-state index is 14.5. The SMILES string of the molecule is CC1(OC(=O)C2CC3CC2C2CCCCC32)COC(O)(C(F)(F)F)C1(F)F. The highest BCUT2D eigenvalue weighted by Gasteiger charge is 2.82. The molecular formula is C18H23F5O4. The fourth-order valence-corrected chi connectivity index (χ4v) is 5.94. The van der Waals surface area contributed by atoms with Gasteiger partial charge in [0.1, 0.15) is 0 Å². The summed E-state index contributed by atoms with van der Waals surface area (Å²) in [5.41, 5.74) is -2.87. The highest BCUT2D eigenvalue weighted by molar-refractivity contribution is 5.74. The molecule has 1 heterocycles. The summed E-state index contributed by atoms with van der Waals surface area (Å²) in [6.45, 7) is -0.542. The molecule has 0 amide bonds. The lowest BCUT2D eigenvalue weighted by Gasteiger charge is -2.40. The van der Waals surface area contributed by atoms with Gasteiger partial charge in [0, 0.05) is 0 Å². The molecule has 2 bridgehead atoms. The largest absolute Gasteiger partial charge is 0.450 e. The molecule has 7 atom stereocenters. The summed E-state index contributed by atoms with van der Waals surface area (Å²) in [6.07, 6.45) is 0.0334. The molecule has 4 fully saturated rings. The second kappa shape index (κ2) is 5.78. The van der Waals surface area contributed by atoms with E-state index in [4.69, 9.17) is 4.74 Å². The van der Waals surface area contributed by atoms with Crippen LogP contribution in [0.2, 0.25) is 0 Å². The molecule has 1 N–H and O–H groups in total. The molecule has 0 radical (unpaired) electrons. The minimum atomic E-state index is -5.72. The van der Waals surface area contributed by atoms with Crippen molar-refractivity contribution < 1.29 is 41.3 Å². The summed E-state index contributed by atoms with van der Waals surface area (Å²) in [5, 5.41) is 9.44. The second-order valence-electron chi connectivity index (χ2n) is 8.77. The van der Waals surface area contributed by atoms with E-state index in [9.17, 15) is 31.9 Å². The molecule has 0 aromatic heterocycles. The number of aliphatic hydroxyl groups is 1. The van der Waals surface area contributed by atoms with Gasteiger partial charge < -0.3 is 14.6 Å². The average Bonchev–Trinajstić information content (AvgIpc) is 3.22. The van der Waals surface area contributed by atoms with E-state index >= 15 is 0 Å². The standard InChI is InChI=1S/C18H23F5O4/c1-15(8-26-17(25,16(15,19)20)18(21,22)23)27-14(24)13-7-9-6-12(13)11-5-3-2-4-10(9)11/h9-13,25H,2-8H2,1H3. The molecule has 0 aromatic carbocycles. The monoisotopic (exact) mass is 398 g/mol. The zero-order valence-electron chi connectivity index (χ0n) is 14.9. The number of hydrogen-bond donors (Lipinski definition) is 1. The summed E-state index contributed by atoms with van der Waals surface area (Å²) in [7, 11) is 0. The number of alkyl halides is 5. The maximum absolute atomic E-state index is 14.5. The molecule has 1 saturated heterocycles. The van der Waals surface area contributed by atoms with Crippen LogP contribution in [-0.2, 0) is 14.3 Å². The molecule has 1 aliphatic heterocycles. The summed E-state index contributed by atoms with van der Waals surface area (Å²) in [4.78, 5) is 12.6. The Morgan fingerprint density at radius 2 is 1.74 bits per heavy atom. The number of hydrogen-bond acceptors (Lipinski definition) is 4. The summed E-state index contributed by atoms with van der Waals surface area (Å²) < 4.78 is 76.7. The van der Waals surface area contributed by atoms with Gasteiger partial charge in [-0.25, -0.2) is 0 Å². The van der Waals surface area contributed by atoms with Crippen LogP contribution in [0.5, 0.6) is 0 Å². The summed E-state index contributed by atoms with van der Waals surface area (Å²) >= 11 is 0. The third kappa shape index (κ3) is 2.49. The molecule has 9 heteroatoms. The van der Waals surface area contributed by atoms with Gasteiger partial charge in [-0.15, -0.1) is 0 Å². The molecule has 7 unspecified atom stereocenters. The van der Waals surface area contributed by atoms with Crippen LogP contribution in [0.4, 0.5) is 22.0 Å². The lowest BCUT2D eigenvalue weighted by atomic mass is 9.67. The van der Waals surface area contributed by atoms with Crippen molar-refractivity contribution >= 4 is 5.97 Å². The van der Waals surface area contributed by atoms with Gasteiger partial charge in [-0.05, 0) is 56.3 Å². The Bertz CT molecular complexity index is 638. The topological polar surface area (TPSA) is 55.8 Å². The van der Waals surface area contributed by atoms with Crippen molar-refractivity contribution in [3.63, 3.8) is 0 Å². The van der Waals surface area contributed by atoms with Crippen LogP contribution in [0.1, 0.15) is 45.4 Å². The van der Waals surface area contributed by atoms with Crippen LogP contribution < -0.4 is 0 Å². The fraction of sp³-hybridized carbons (Fsp3) is 0.944. The predicted octanol–water partition coefficient (Wildman–Crippen LogP) is 3.67. The molecule has 4 nitrogen and oxygen atoms in total. The molecule has 4 aliphatic rings. The zero-order valence-corrected chi connectivity index (χ0v) is 14.9. The van der Waals surface area contributed by atoms with Crippen molar-refractivity contribution in [2.75, 3.05) is 6.61 Å². The van der Waals surface area contributed by atoms with Gasteiger partial charge in [0.05, 0.1) is 12.5 Å². The Morgan fingerprint density at radius 3 is 2.33 bits per heavy atom. The molecule has 27 heavy (non-hydrogen) atoms. The Morgan fingerprint density at radius 1 is 1.11 bits per heavy atom. The van der Waals surface area contributed by atoms with Gasteiger partial charge in [-0.2, -0.15) is 22.0 Å². The predicted molar refractivity (Wildman–Crippen MR) is 81.6 cm³/mol. The molecule has 4 rings (SSSR count). The van der Waals surface area contributed by atoms with Crippen molar-refractivity contribution in [1.29, 1.82) is 0 Å². The fourth-order valence-electron chi connectivity index (χ4n) is 5.94. The lowest BCUT2D eigenvalue weighted by molar-refractivity contribution is -0.409. The average molecular weight is 398 g/mol.